The lowest BCUT2D eigenvalue weighted by molar-refractivity contribution is 0.414. The number of halogens is 1. The second-order valence-electron chi connectivity index (χ2n) is 5.27. The molecule has 0 aliphatic rings. The first-order chi connectivity index (χ1) is 11.7. The van der Waals surface area contributed by atoms with Crippen LogP contribution in [-0.4, -0.2) is 38.2 Å². The van der Waals surface area contributed by atoms with Gasteiger partial charge in [0, 0.05) is 26.3 Å². The molecule has 24 heavy (non-hydrogen) atoms. The third-order valence-electron chi connectivity index (χ3n) is 3.56. The van der Waals surface area contributed by atoms with Gasteiger partial charge in [0.05, 0.1) is 7.11 Å². The number of benzene rings is 1. The zero-order valence-electron chi connectivity index (χ0n) is 14.1. The van der Waals surface area contributed by atoms with Crippen molar-refractivity contribution in [3.63, 3.8) is 0 Å². The summed E-state index contributed by atoms with van der Waals surface area (Å²) in [6.45, 7) is 1.58. The lowest BCUT2D eigenvalue weighted by atomic mass is 10.1. The SMILES string of the molecule is CN=C(NCCc1ccc(Cl)nc1)NCCc1cccc(OC)c1. The fourth-order valence-corrected chi connectivity index (χ4v) is 2.37. The first kappa shape index (κ1) is 18.1. The Bertz CT molecular complexity index is 658. The molecule has 6 heteroatoms. The molecule has 0 saturated heterocycles. The van der Waals surface area contributed by atoms with E-state index in [2.05, 4.69) is 26.7 Å². The van der Waals surface area contributed by atoms with Crippen molar-refractivity contribution in [3.8, 4) is 5.75 Å². The van der Waals surface area contributed by atoms with E-state index in [-0.39, 0.29) is 0 Å². The second-order valence-corrected chi connectivity index (χ2v) is 5.65. The summed E-state index contributed by atoms with van der Waals surface area (Å²) >= 11 is 5.78. The molecule has 2 aromatic rings. The van der Waals surface area contributed by atoms with Crippen LogP contribution >= 0.6 is 11.6 Å². The standard InChI is InChI=1S/C18H23ClN4O/c1-20-18(22-11-9-15-6-7-17(19)23-13-15)21-10-8-14-4-3-5-16(12-14)24-2/h3-7,12-13H,8-11H2,1-2H3,(H2,20,21,22). The average Bonchev–Trinajstić information content (AvgIpc) is 2.62. The van der Waals surface area contributed by atoms with Crippen LogP contribution in [0.5, 0.6) is 5.75 Å². The van der Waals surface area contributed by atoms with Gasteiger partial charge >= 0.3 is 0 Å². The minimum absolute atomic E-state index is 0.515. The first-order valence-electron chi connectivity index (χ1n) is 7.89. The number of aromatic nitrogens is 1. The highest BCUT2D eigenvalue weighted by Crippen LogP contribution is 2.12. The highest BCUT2D eigenvalue weighted by atomic mass is 35.5. The normalized spacial score (nSPS) is 11.2. The van der Waals surface area contributed by atoms with Crippen LogP contribution in [-0.2, 0) is 12.8 Å². The molecule has 0 atom stereocenters. The molecule has 0 bridgehead atoms. The van der Waals surface area contributed by atoms with Crippen molar-refractivity contribution in [2.45, 2.75) is 12.8 Å². The van der Waals surface area contributed by atoms with E-state index in [1.807, 2.05) is 24.3 Å². The molecular weight excluding hydrogens is 324 g/mol. The Hall–Kier alpha value is -2.27. The number of nitrogens with one attached hydrogen (secondary N) is 2. The van der Waals surface area contributed by atoms with Crippen molar-refractivity contribution >= 4 is 17.6 Å². The summed E-state index contributed by atoms with van der Waals surface area (Å²) in [5.74, 6) is 1.67. The molecular formula is C18H23ClN4O. The fraction of sp³-hybridized carbons (Fsp3) is 0.333. The van der Waals surface area contributed by atoms with Gasteiger partial charge in [-0.15, -0.1) is 0 Å². The third-order valence-corrected chi connectivity index (χ3v) is 3.78. The summed E-state index contributed by atoms with van der Waals surface area (Å²) in [6, 6.07) is 11.9. The molecule has 1 aromatic carbocycles. The summed E-state index contributed by atoms with van der Waals surface area (Å²) in [5.41, 5.74) is 2.36. The van der Waals surface area contributed by atoms with E-state index in [0.717, 1.165) is 43.2 Å². The monoisotopic (exact) mass is 346 g/mol. The van der Waals surface area contributed by atoms with E-state index in [1.165, 1.54) is 5.56 Å². The van der Waals surface area contributed by atoms with Crippen LogP contribution in [0.2, 0.25) is 5.15 Å². The van der Waals surface area contributed by atoms with Crippen LogP contribution in [0.4, 0.5) is 0 Å². The van der Waals surface area contributed by atoms with E-state index in [9.17, 15) is 0 Å². The van der Waals surface area contributed by atoms with Gasteiger partial charge in [0.15, 0.2) is 5.96 Å². The summed E-state index contributed by atoms with van der Waals surface area (Å²) in [6.07, 6.45) is 3.56. The molecule has 0 fully saturated rings. The van der Waals surface area contributed by atoms with Gasteiger partial charge in [0.25, 0.3) is 0 Å². The number of methoxy groups -OCH3 is 1. The van der Waals surface area contributed by atoms with Gasteiger partial charge in [-0.25, -0.2) is 4.98 Å². The first-order valence-corrected chi connectivity index (χ1v) is 8.27. The third kappa shape index (κ3) is 6.08. The van der Waals surface area contributed by atoms with E-state index in [1.54, 1.807) is 26.4 Å². The fourth-order valence-electron chi connectivity index (χ4n) is 2.25. The number of aliphatic imine (C=N–C) groups is 1. The van der Waals surface area contributed by atoms with Crippen LogP contribution in [0.25, 0.3) is 0 Å². The maximum Gasteiger partial charge on any atom is 0.190 e. The lowest BCUT2D eigenvalue weighted by Crippen LogP contribution is -2.39. The molecule has 0 radical (unpaired) electrons. The Morgan fingerprint density at radius 1 is 1.12 bits per heavy atom. The lowest BCUT2D eigenvalue weighted by Gasteiger charge is -2.12. The van der Waals surface area contributed by atoms with E-state index in [0.29, 0.717) is 5.15 Å². The Labute approximate surface area is 148 Å². The maximum atomic E-state index is 5.78. The molecule has 0 aliphatic carbocycles. The summed E-state index contributed by atoms with van der Waals surface area (Å²) in [7, 11) is 3.45. The number of hydrogen-bond donors (Lipinski definition) is 2. The molecule has 5 nitrogen and oxygen atoms in total. The van der Waals surface area contributed by atoms with Gasteiger partial charge in [-0.05, 0) is 42.2 Å². The topological polar surface area (TPSA) is 58.5 Å². The second kappa shape index (κ2) is 9.78. The number of hydrogen-bond acceptors (Lipinski definition) is 3. The molecule has 2 N–H and O–H groups in total. The van der Waals surface area contributed by atoms with Crippen LogP contribution in [0.1, 0.15) is 11.1 Å². The smallest absolute Gasteiger partial charge is 0.190 e. The summed E-state index contributed by atoms with van der Waals surface area (Å²) in [5, 5.41) is 7.12. The highest BCUT2D eigenvalue weighted by molar-refractivity contribution is 6.29. The van der Waals surface area contributed by atoms with E-state index < -0.39 is 0 Å². The molecule has 0 saturated carbocycles. The quantitative estimate of drug-likeness (QED) is 0.460. The largest absolute Gasteiger partial charge is 0.497 e. The van der Waals surface area contributed by atoms with Crippen LogP contribution in [0.3, 0.4) is 0 Å². The number of ether oxygens (including phenoxy) is 1. The number of rotatable bonds is 7. The maximum absolute atomic E-state index is 5.78. The number of pyridine rings is 1. The van der Waals surface area contributed by atoms with Crippen LogP contribution in [0, 0.1) is 0 Å². The summed E-state index contributed by atoms with van der Waals surface area (Å²) < 4.78 is 5.24. The molecule has 0 amide bonds. The highest BCUT2D eigenvalue weighted by Gasteiger charge is 2.00. The Kier molecular flexibility index (Phi) is 7.36. The van der Waals surface area contributed by atoms with Gasteiger partial charge in [0.1, 0.15) is 10.9 Å². The van der Waals surface area contributed by atoms with E-state index >= 15 is 0 Å². The molecule has 1 heterocycles. The van der Waals surface area contributed by atoms with Crippen LogP contribution < -0.4 is 15.4 Å². The van der Waals surface area contributed by atoms with Crippen molar-refractivity contribution in [1.82, 2.24) is 15.6 Å². The predicted octanol–water partition coefficient (Wildman–Crippen LogP) is 2.69. The minimum atomic E-state index is 0.515. The zero-order chi connectivity index (χ0) is 17.2. The van der Waals surface area contributed by atoms with Gasteiger partial charge in [-0.1, -0.05) is 29.8 Å². The van der Waals surface area contributed by atoms with Crippen molar-refractivity contribution in [3.05, 3.63) is 58.9 Å². The van der Waals surface area contributed by atoms with Gasteiger partial charge < -0.3 is 15.4 Å². The zero-order valence-corrected chi connectivity index (χ0v) is 14.8. The van der Waals surface area contributed by atoms with Gasteiger partial charge in [-0.3, -0.25) is 4.99 Å². The van der Waals surface area contributed by atoms with Crippen molar-refractivity contribution in [2.75, 3.05) is 27.2 Å². The average molecular weight is 347 g/mol. The van der Waals surface area contributed by atoms with Gasteiger partial charge in [0.2, 0.25) is 0 Å². The van der Waals surface area contributed by atoms with Gasteiger partial charge in [-0.2, -0.15) is 0 Å². The van der Waals surface area contributed by atoms with Crippen molar-refractivity contribution in [1.29, 1.82) is 0 Å². The molecule has 1 aromatic heterocycles. The van der Waals surface area contributed by atoms with Crippen molar-refractivity contribution < 1.29 is 4.74 Å². The van der Waals surface area contributed by atoms with E-state index in [4.69, 9.17) is 16.3 Å². The Morgan fingerprint density at radius 2 is 1.88 bits per heavy atom. The number of nitrogens with zero attached hydrogens (tertiary/aromatic N) is 2. The molecule has 0 unspecified atom stereocenters. The number of guanidine groups is 1. The minimum Gasteiger partial charge on any atom is -0.497 e. The van der Waals surface area contributed by atoms with Crippen LogP contribution in [0.15, 0.2) is 47.6 Å². The molecule has 0 spiro atoms. The van der Waals surface area contributed by atoms with Crippen molar-refractivity contribution in [2.24, 2.45) is 4.99 Å². The summed E-state index contributed by atoms with van der Waals surface area (Å²) in [4.78, 5) is 8.31. The Balaban J connectivity index is 1.71. The molecule has 0 aliphatic heterocycles. The Morgan fingerprint density at radius 3 is 2.50 bits per heavy atom. The molecule has 128 valence electrons. The predicted molar refractivity (Wildman–Crippen MR) is 99.0 cm³/mol. The molecule has 2 rings (SSSR count).